The Bertz CT molecular complexity index is 2350. The summed E-state index contributed by atoms with van der Waals surface area (Å²) in [6, 6.07) is 4.69. The molecule has 54 heavy (non-hydrogen) atoms. The molecule has 3 aliphatic heterocycles. The number of carbonyl (C=O) groups excluding carboxylic acids is 1. The molecular weight excluding hydrogens is 748 g/mol. The van der Waals surface area contributed by atoms with Crippen molar-refractivity contribution in [2.24, 2.45) is 0 Å². The van der Waals surface area contributed by atoms with E-state index >= 15 is 8.78 Å². The highest BCUT2D eigenvalue weighted by Gasteiger charge is 2.49. The molecule has 3 aromatic heterocycles. The van der Waals surface area contributed by atoms with Crippen LogP contribution >= 0.6 is 22.9 Å². The van der Waals surface area contributed by atoms with E-state index < -0.39 is 35.5 Å². The van der Waals surface area contributed by atoms with Crippen LogP contribution in [0.1, 0.15) is 51.5 Å². The first kappa shape index (κ1) is 36.2. The van der Waals surface area contributed by atoms with Crippen LogP contribution in [0.15, 0.2) is 24.5 Å². The fourth-order valence-electron chi connectivity index (χ4n) is 8.79. The topological polar surface area (TPSA) is 142 Å². The molecule has 282 valence electrons. The number of nitrogens with two attached hydrogens (primary N) is 1. The van der Waals surface area contributed by atoms with Gasteiger partial charge in [0.2, 0.25) is 0 Å². The average molecular weight is 783 g/mol. The van der Waals surface area contributed by atoms with Crippen LogP contribution in [0.25, 0.3) is 32.1 Å². The molecule has 3 aliphatic rings. The van der Waals surface area contributed by atoms with Gasteiger partial charge >= 0.3 is 18.1 Å². The lowest BCUT2D eigenvalue weighted by Crippen LogP contribution is -2.48. The van der Waals surface area contributed by atoms with Crippen LogP contribution in [0.3, 0.4) is 0 Å². The van der Waals surface area contributed by atoms with Crippen molar-refractivity contribution in [1.82, 2.24) is 34.5 Å². The molecule has 0 aliphatic carbocycles. The number of carbonyl (C=O) groups is 1. The predicted molar refractivity (Wildman–Crippen MR) is 196 cm³/mol. The lowest BCUT2D eigenvalue weighted by molar-refractivity contribution is 0.107. The minimum atomic E-state index is -1.02. The molecule has 12 nitrogen and oxygen atoms in total. The number of aromatic nitrogens is 5. The smallest absolute Gasteiger partial charge is 0.346 e. The summed E-state index contributed by atoms with van der Waals surface area (Å²) < 4.78 is 67.9. The number of nitrogen functional groups attached to an aromatic ring is 1. The summed E-state index contributed by atoms with van der Waals surface area (Å²) in [6.45, 7) is 5.66. The Labute approximate surface area is 316 Å². The molecule has 18 heteroatoms. The fourth-order valence-corrected chi connectivity index (χ4v) is 10.0. The minimum absolute atomic E-state index is 0.00676. The number of likely N-dealkylation sites (N-methyl/N-ethyl adjacent to an activating group) is 1. The van der Waals surface area contributed by atoms with Crippen LogP contribution in [0.5, 0.6) is 6.01 Å². The van der Waals surface area contributed by atoms with E-state index in [2.05, 4.69) is 20.0 Å². The number of amides is 1. The average Bonchev–Trinajstić information content (AvgIpc) is 3.97. The Morgan fingerprint density at radius 2 is 2.06 bits per heavy atom. The van der Waals surface area contributed by atoms with E-state index in [-0.39, 0.29) is 72.4 Å². The van der Waals surface area contributed by atoms with Crippen molar-refractivity contribution in [3.63, 3.8) is 0 Å². The number of benzene rings is 2. The van der Waals surface area contributed by atoms with E-state index in [1.54, 1.807) is 4.90 Å². The summed E-state index contributed by atoms with van der Waals surface area (Å²) in [5.74, 6) is -1.17. The quantitative estimate of drug-likeness (QED) is 0.165. The van der Waals surface area contributed by atoms with E-state index in [9.17, 15) is 18.8 Å². The van der Waals surface area contributed by atoms with E-state index in [1.807, 2.05) is 24.8 Å². The van der Waals surface area contributed by atoms with Crippen LogP contribution in [-0.4, -0.2) is 97.1 Å². The van der Waals surface area contributed by atoms with Gasteiger partial charge in [0, 0.05) is 42.4 Å². The molecule has 0 spiro atoms. The highest BCUT2D eigenvalue weighted by atomic mass is 35.5. The SMILES string of the molecule is CC[C@@H]1[C@H](N(CC)c2nc(OC[C@@]34CCCN3C[C@H](F)C4)nc3c(F)c(-c4ccc(F)c5sc(N)c(C#N)c45)c(Cl)cc23)CCN1C(=O)n1cnc(F)n1. The third-order valence-corrected chi connectivity index (χ3v) is 12.4. The minimum Gasteiger partial charge on any atom is -0.461 e. The molecule has 4 atom stereocenters. The number of hydrogen-bond donors (Lipinski definition) is 1. The number of likely N-dealkylation sites (tertiary alicyclic amines) is 1. The molecule has 1 amide bonds. The van der Waals surface area contributed by atoms with Crippen LogP contribution in [0.2, 0.25) is 5.02 Å². The molecular formula is C36H35ClF4N10O2S. The number of halogens is 5. The number of ether oxygens (including phenoxy) is 1. The van der Waals surface area contributed by atoms with Gasteiger partial charge in [0.05, 0.1) is 32.9 Å². The summed E-state index contributed by atoms with van der Waals surface area (Å²) >= 11 is 7.81. The Morgan fingerprint density at radius 1 is 1.24 bits per heavy atom. The van der Waals surface area contributed by atoms with Crippen molar-refractivity contribution in [1.29, 1.82) is 5.26 Å². The maximum absolute atomic E-state index is 17.3. The Hall–Kier alpha value is -4.79. The van der Waals surface area contributed by atoms with Crippen molar-refractivity contribution < 1.29 is 27.1 Å². The zero-order chi connectivity index (χ0) is 38.1. The molecule has 0 radical (unpaired) electrons. The third-order valence-electron chi connectivity index (χ3n) is 11.1. The standard InChI is InChI=1S/C36H35ClF4N10O2S/c1-3-24-25(8-11-50(24)35(52)51-17-44-33(41)47-51)49(4-2)32-20-12-22(37)27(19-6-7-23(39)30-26(19)21(14-42)31(43)54-30)28(40)29(20)45-34(46-32)53-16-36-9-5-10-48(36)15-18(38)13-36/h6-7,12,17-18,24-25H,3-5,8-11,13,15-16,43H2,1-2H3/t18-,24-,25-,36+/m1/s1. The zero-order valence-electron chi connectivity index (χ0n) is 29.3. The van der Waals surface area contributed by atoms with Gasteiger partial charge in [-0.05, 0) is 56.8 Å². The lowest BCUT2D eigenvalue weighted by Gasteiger charge is -2.36. The molecule has 2 aromatic carbocycles. The van der Waals surface area contributed by atoms with E-state index in [4.69, 9.17) is 27.1 Å². The zero-order valence-corrected chi connectivity index (χ0v) is 30.9. The number of thiophene rings is 1. The fraction of sp³-hybridized carbons (Fsp3) is 0.444. The van der Waals surface area contributed by atoms with Crippen LogP contribution in [0, 0.1) is 29.0 Å². The lowest BCUT2D eigenvalue weighted by atomic mass is 9.95. The van der Waals surface area contributed by atoms with Gasteiger partial charge in [0.25, 0.3) is 0 Å². The van der Waals surface area contributed by atoms with Gasteiger partial charge in [0.1, 0.15) is 47.3 Å². The number of fused-ring (bicyclic) bond motifs is 3. The highest BCUT2D eigenvalue weighted by molar-refractivity contribution is 7.23. The first-order valence-electron chi connectivity index (χ1n) is 17.8. The normalized spacial score (nSPS) is 22.7. The molecule has 3 fully saturated rings. The number of rotatable bonds is 8. The first-order chi connectivity index (χ1) is 26.0. The van der Waals surface area contributed by atoms with Crippen LogP contribution in [0.4, 0.5) is 33.2 Å². The second kappa shape index (κ2) is 13.8. The van der Waals surface area contributed by atoms with Crippen LogP contribution < -0.4 is 15.4 Å². The van der Waals surface area contributed by atoms with Crippen molar-refractivity contribution in [3.8, 4) is 23.2 Å². The number of nitrogens with zero attached hydrogens (tertiary/aromatic N) is 9. The summed E-state index contributed by atoms with van der Waals surface area (Å²) in [7, 11) is 0. The Morgan fingerprint density at radius 3 is 2.78 bits per heavy atom. The van der Waals surface area contributed by atoms with Crippen molar-refractivity contribution >= 4 is 60.8 Å². The van der Waals surface area contributed by atoms with Crippen molar-refractivity contribution in [2.75, 3.05) is 43.4 Å². The van der Waals surface area contributed by atoms with Crippen molar-refractivity contribution in [2.45, 2.75) is 69.7 Å². The van der Waals surface area contributed by atoms with Gasteiger partial charge in [-0.15, -0.1) is 16.4 Å². The van der Waals surface area contributed by atoms with Gasteiger partial charge in [-0.2, -0.15) is 29.3 Å². The molecule has 3 saturated heterocycles. The summed E-state index contributed by atoms with van der Waals surface area (Å²) in [4.78, 5) is 32.0. The van der Waals surface area contributed by atoms with Gasteiger partial charge in [-0.1, -0.05) is 24.6 Å². The maximum Gasteiger partial charge on any atom is 0.346 e. The number of alkyl halides is 1. The predicted octanol–water partition coefficient (Wildman–Crippen LogP) is 6.93. The second-order valence-electron chi connectivity index (χ2n) is 13.9. The molecule has 5 aromatic rings. The summed E-state index contributed by atoms with van der Waals surface area (Å²) in [6.07, 6.45) is 1.94. The number of anilines is 2. The largest absolute Gasteiger partial charge is 0.461 e. The first-order valence-corrected chi connectivity index (χ1v) is 18.9. The molecule has 6 heterocycles. The van der Waals surface area contributed by atoms with E-state index in [0.29, 0.717) is 44.7 Å². The second-order valence-corrected chi connectivity index (χ2v) is 15.4. The van der Waals surface area contributed by atoms with E-state index in [1.165, 1.54) is 18.2 Å². The van der Waals surface area contributed by atoms with Gasteiger partial charge < -0.3 is 20.3 Å². The highest BCUT2D eigenvalue weighted by Crippen LogP contribution is 2.46. The molecule has 2 N–H and O–H groups in total. The third kappa shape index (κ3) is 5.77. The molecule has 0 unspecified atom stereocenters. The maximum atomic E-state index is 17.3. The monoisotopic (exact) mass is 782 g/mol. The number of hydrogen-bond acceptors (Lipinski definition) is 11. The van der Waals surface area contributed by atoms with Crippen LogP contribution in [-0.2, 0) is 0 Å². The van der Waals surface area contributed by atoms with Gasteiger partial charge in [0.15, 0.2) is 5.82 Å². The van der Waals surface area contributed by atoms with E-state index in [0.717, 1.165) is 41.7 Å². The number of nitriles is 1. The molecule has 0 bridgehead atoms. The van der Waals surface area contributed by atoms with Crippen molar-refractivity contribution in [3.05, 3.63) is 52.8 Å². The molecule has 0 saturated carbocycles. The summed E-state index contributed by atoms with van der Waals surface area (Å²) in [5, 5.41) is 13.9. The van der Waals surface area contributed by atoms with Gasteiger partial charge in [-0.25, -0.2) is 18.0 Å². The summed E-state index contributed by atoms with van der Waals surface area (Å²) in [5.41, 5.74) is 5.47. The Kier molecular flexibility index (Phi) is 9.26. The molecule has 8 rings (SSSR count). The van der Waals surface area contributed by atoms with Gasteiger partial charge in [-0.3, -0.25) is 4.90 Å². The Balaban J connectivity index is 1.27.